The van der Waals surface area contributed by atoms with E-state index in [0.717, 1.165) is 21.5 Å². The molecule has 4 aromatic carbocycles. The number of rotatable bonds is 0. The lowest BCUT2D eigenvalue weighted by Gasteiger charge is -2.09. The zero-order valence-corrected chi connectivity index (χ0v) is 8.62. The van der Waals surface area contributed by atoms with Crippen LogP contribution in [-0.2, 0) is 0 Å². The quantitative estimate of drug-likeness (QED) is 0.368. The Hall–Kier alpha value is -2.08. The molecule has 0 saturated heterocycles. The largest absolute Gasteiger partial charge is 0.0623 e. The SMILES string of the molecule is [2H]c1cc2ccc3cc([2H])cc4ccc(c1)c2c34. The topological polar surface area (TPSA) is 0 Å². The van der Waals surface area contributed by atoms with Crippen LogP contribution in [0.1, 0.15) is 2.74 Å². The highest BCUT2D eigenvalue weighted by Gasteiger charge is 2.05. The molecule has 0 atom stereocenters. The van der Waals surface area contributed by atoms with Gasteiger partial charge >= 0.3 is 0 Å². The molecular formula is C16H10. The van der Waals surface area contributed by atoms with E-state index in [4.69, 9.17) is 2.74 Å². The predicted octanol–water partition coefficient (Wildman–Crippen LogP) is 4.58. The predicted molar refractivity (Wildman–Crippen MR) is 70.1 cm³/mol. The van der Waals surface area contributed by atoms with Gasteiger partial charge in [-0.2, -0.15) is 0 Å². The van der Waals surface area contributed by atoms with Crippen LogP contribution < -0.4 is 0 Å². The Bertz CT molecular complexity index is 752. The molecule has 0 aliphatic heterocycles. The Morgan fingerprint density at radius 3 is 1.12 bits per heavy atom. The molecule has 0 aromatic heterocycles. The highest BCUT2D eigenvalue weighted by Crippen LogP contribution is 2.33. The van der Waals surface area contributed by atoms with Crippen molar-refractivity contribution in [2.45, 2.75) is 0 Å². The zero-order valence-electron chi connectivity index (χ0n) is 10.6. The van der Waals surface area contributed by atoms with Gasteiger partial charge in [0.1, 0.15) is 0 Å². The normalized spacial score (nSPS) is 13.5. The fraction of sp³-hybridized carbons (Fsp3) is 0. The lowest BCUT2D eigenvalue weighted by atomic mass is 9.95. The van der Waals surface area contributed by atoms with Gasteiger partial charge in [-0.3, -0.25) is 0 Å². The molecule has 0 nitrogen and oxygen atoms in total. The molecular weight excluding hydrogens is 192 g/mol. The molecule has 0 aliphatic carbocycles. The summed E-state index contributed by atoms with van der Waals surface area (Å²) in [6.45, 7) is 0. The third-order valence-corrected chi connectivity index (χ3v) is 3.24. The van der Waals surface area contributed by atoms with Gasteiger partial charge in [0.05, 0.1) is 2.74 Å². The first-order chi connectivity index (χ1) is 8.72. The molecule has 0 saturated carbocycles. The summed E-state index contributed by atoms with van der Waals surface area (Å²) in [7, 11) is 0. The number of hydrogen-bond donors (Lipinski definition) is 0. The van der Waals surface area contributed by atoms with E-state index in [1.54, 1.807) is 0 Å². The Labute approximate surface area is 96.3 Å². The smallest absolute Gasteiger partial charge is 0.0610 e. The minimum atomic E-state index is 0.544. The van der Waals surface area contributed by atoms with Gasteiger partial charge < -0.3 is 0 Å². The van der Waals surface area contributed by atoms with E-state index in [9.17, 15) is 0 Å². The van der Waals surface area contributed by atoms with Crippen molar-refractivity contribution in [1.82, 2.24) is 0 Å². The summed E-state index contributed by atoms with van der Waals surface area (Å²) in [5.74, 6) is 0. The van der Waals surface area contributed by atoms with Gasteiger partial charge in [0.2, 0.25) is 0 Å². The lowest BCUT2D eigenvalue weighted by Crippen LogP contribution is -1.82. The van der Waals surface area contributed by atoms with Gasteiger partial charge in [-0.25, -0.2) is 0 Å². The van der Waals surface area contributed by atoms with Crippen molar-refractivity contribution in [2.75, 3.05) is 0 Å². The first-order valence-corrected chi connectivity index (χ1v) is 5.38. The van der Waals surface area contributed by atoms with E-state index in [2.05, 4.69) is 0 Å². The summed E-state index contributed by atoms with van der Waals surface area (Å²) in [4.78, 5) is 0. The van der Waals surface area contributed by atoms with Gasteiger partial charge in [-0.15, -0.1) is 0 Å². The minimum absolute atomic E-state index is 0.544. The van der Waals surface area contributed by atoms with E-state index < -0.39 is 0 Å². The highest BCUT2D eigenvalue weighted by atomic mass is 14.1. The molecule has 0 fully saturated rings. The minimum Gasteiger partial charge on any atom is -0.0610 e. The van der Waals surface area contributed by atoms with Crippen molar-refractivity contribution in [1.29, 1.82) is 0 Å². The molecule has 74 valence electrons. The van der Waals surface area contributed by atoms with E-state index in [0.29, 0.717) is 12.1 Å². The van der Waals surface area contributed by atoms with Crippen LogP contribution in [0.2, 0.25) is 0 Å². The van der Waals surface area contributed by atoms with Gasteiger partial charge in [-0.1, -0.05) is 60.6 Å². The van der Waals surface area contributed by atoms with Crippen LogP contribution in [0.5, 0.6) is 0 Å². The van der Waals surface area contributed by atoms with Crippen molar-refractivity contribution in [3.8, 4) is 0 Å². The van der Waals surface area contributed by atoms with Gasteiger partial charge in [-0.05, 0) is 32.3 Å². The van der Waals surface area contributed by atoms with E-state index in [1.165, 1.54) is 10.8 Å². The van der Waals surface area contributed by atoms with Gasteiger partial charge in [0.15, 0.2) is 0 Å². The maximum atomic E-state index is 7.82. The summed E-state index contributed by atoms with van der Waals surface area (Å²) in [5, 5.41) is 6.84. The molecule has 16 heavy (non-hydrogen) atoms. The third-order valence-electron chi connectivity index (χ3n) is 3.24. The molecule has 0 spiro atoms. The van der Waals surface area contributed by atoms with Crippen LogP contribution in [0.15, 0.2) is 60.6 Å². The standard InChI is InChI=1S/C16H10/c1-3-11-7-9-13-5-2-6-14-10-8-12(4-1)15(11)16(13)14/h1-10H/i1D,2D. The second-order valence-corrected chi connectivity index (χ2v) is 4.15. The van der Waals surface area contributed by atoms with E-state index >= 15 is 0 Å². The van der Waals surface area contributed by atoms with Crippen molar-refractivity contribution < 1.29 is 2.74 Å². The maximum Gasteiger partial charge on any atom is 0.0623 e. The summed E-state index contributed by atoms with van der Waals surface area (Å²) in [6.07, 6.45) is 0. The Morgan fingerprint density at radius 1 is 0.500 bits per heavy atom. The van der Waals surface area contributed by atoms with Crippen molar-refractivity contribution >= 4 is 32.3 Å². The molecule has 0 N–H and O–H groups in total. The Kier molecular flexibility index (Phi) is 1.11. The summed E-state index contributed by atoms with van der Waals surface area (Å²) >= 11 is 0. The monoisotopic (exact) mass is 204 g/mol. The maximum absolute atomic E-state index is 7.82. The fourth-order valence-corrected chi connectivity index (χ4v) is 2.53. The summed E-state index contributed by atoms with van der Waals surface area (Å²) < 4.78 is 15.6. The molecule has 0 aliphatic rings. The number of hydrogen-bond acceptors (Lipinski definition) is 0. The average Bonchev–Trinajstić information content (AvgIpc) is 2.34. The molecule has 4 rings (SSSR count). The van der Waals surface area contributed by atoms with E-state index in [-0.39, 0.29) is 0 Å². The lowest BCUT2D eigenvalue weighted by molar-refractivity contribution is 1.78. The van der Waals surface area contributed by atoms with Crippen LogP contribution in [0.4, 0.5) is 0 Å². The van der Waals surface area contributed by atoms with Crippen LogP contribution in [0.25, 0.3) is 32.3 Å². The second kappa shape index (κ2) is 2.73. The molecule has 4 aromatic rings. The highest BCUT2D eigenvalue weighted by molar-refractivity contribution is 6.22. The van der Waals surface area contributed by atoms with Crippen LogP contribution in [0.3, 0.4) is 0 Å². The summed E-state index contributed by atoms with van der Waals surface area (Å²) in [6, 6.07) is 16.9. The third kappa shape index (κ3) is 0.892. The van der Waals surface area contributed by atoms with Gasteiger partial charge in [0, 0.05) is 0 Å². The molecule has 0 heterocycles. The van der Waals surface area contributed by atoms with Crippen LogP contribution in [-0.4, -0.2) is 0 Å². The Morgan fingerprint density at radius 2 is 0.812 bits per heavy atom. The Balaban J connectivity index is 2.41. The fourth-order valence-electron chi connectivity index (χ4n) is 2.53. The number of benzene rings is 4. The first-order valence-electron chi connectivity index (χ1n) is 6.38. The van der Waals surface area contributed by atoms with E-state index in [1.807, 2.05) is 48.5 Å². The average molecular weight is 204 g/mol. The summed E-state index contributed by atoms with van der Waals surface area (Å²) in [5.41, 5.74) is 0. The van der Waals surface area contributed by atoms with Crippen LogP contribution >= 0.6 is 0 Å². The van der Waals surface area contributed by atoms with Gasteiger partial charge in [0.25, 0.3) is 0 Å². The van der Waals surface area contributed by atoms with Crippen LogP contribution in [0, 0.1) is 0 Å². The van der Waals surface area contributed by atoms with Crippen molar-refractivity contribution in [3.05, 3.63) is 60.6 Å². The van der Waals surface area contributed by atoms with Crippen molar-refractivity contribution in [3.63, 3.8) is 0 Å². The molecule has 0 radical (unpaired) electrons. The molecule has 0 amide bonds. The second-order valence-electron chi connectivity index (χ2n) is 4.15. The zero-order chi connectivity index (χ0) is 12.3. The molecule has 0 heteroatoms. The molecule has 0 bridgehead atoms. The van der Waals surface area contributed by atoms with Crippen molar-refractivity contribution in [2.24, 2.45) is 0 Å². The molecule has 0 unspecified atom stereocenters. The first kappa shape index (κ1) is 6.49.